The third-order valence-electron chi connectivity index (χ3n) is 1.77. The average molecular weight is 192 g/mol. The van der Waals surface area contributed by atoms with Crippen LogP contribution in [0, 0.1) is 5.92 Å². The van der Waals surface area contributed by atoms with Gasteiger partial charge in [0.05, 0.1) is 0 Å². The second kappa shape index (κ2) is 5.13. The smallest absolute Gasteiger partial charge is 0.00750 e. The van der Waals surface area contributed by atoms with Crippen LogP contribution >= 0.6 is 11.8 Å². The third kappa shape index (κ3) is 3.69. The third-order valence-corrected chi connectivity index (χ3v) is 2.49. The normalized spacial score (nSPS) is 11.4. The van der Waals surface area contributed by atoms with Gasteiger partial charge in [-0.05, 0) is 29.9 Å². The van der Waals surface area contributed by atoms with Crippen molar-refractivity contribution < 1.29 is 0 Å². The summed E-state index contributed by atoms with van der Waals surface area (Å²) in [5.74, 6) is 0.623. The van der Waals surface area contributed by atoms with Gasteiger partial charge in [-0.15, -0.1) is 11.8 Å². The monoisotopic (exact) mass is 192 g/mol. The van der Waals surface area contributed by atoms with E-state index in [9.17, 15) is 0 Å². The molecule has 0 atom stereocenters. The molecule has 0 aliphatic heterocycles. The van der Waals surface area contributed by atoms with Gasteiger partial charge in [0.2, 0.25) is 0 Å². The molecule has 0 N–H and O–H groups in total. The molecule has 0 unspecified atom stereocenters. The number of thioether (sulfide) groups is 1. The molecule has 0 bridgehead atoms. The molecule has 0 aliphatic carbocycles. The standard InChI is InChI=1S/C12H16S/c1-10(2)7-8-11-5-4-6-12(9-11)13-3/h4-10H,1-3H3/b8-7+. The summed E-state index contributed by atoms with van der Waals surface area (Å²) in [5, 5.41) is 0. The van der Waals surface area contributed by atoms with Crippen molar-refractivity contribution in [1.29, 1.82) is 0 Å². The zero-order chi connectivity index (χ0) is 9.68. The van der Waals surface area contributed by atoms with Gasteiger partial charge in [0, 0.05) is 4.90 Å². The predicted octanol–water partition coefficient (Wildman–Crippen LogP) is 4.08. The first kappa shape index (κ1) is 10.4. The predicted molar refractivity (Wildman–Crippen MR) is 62.1 cm³/mol. The minimum Gasteiger partial charge on any atom is -0.130 e. The van der Waals surface area contributed by atoms with Gasteiger partial charge in [-0.3, -0.25) is 0 Å². The highest BCUT2D eigenvalue weighted by molar-refractivity contribution is 7.98. The number of allylic oxidation sites excluding steroid dienone is 1. The first-order valence-electron chi connectivity index (χ1n) is 4.54. The fourth-order valence-corrected chi connectivity index (χ4v) is 1.52. The Kier molecular flexibility index (Phi) is 4.10. The van der Waals surface area contributed by atoms with Crippen LogP contribution in [0.3, 0.4) is 0 Å². The summed E-state index contributed by atoms with van der Waals surface area (Å²) in [5.41, 5.74) is 1.29. The Labute approximate surface area is 85.1 Å². The van der Waals surface area contributed by atoms with Crippen molar-refractivity contribution in [2.24, 2.45) is 5.92 Å². The van der Waals surface area contributed by atoms with Gasteiger partial charge in [0.25, 0.3) is 0 Å². The molecule has 1 aromatic rings. The molecule has 0 saturated heterocycles. The fourth-order valence-electron chi connectivity index (χ4n) is 1.05. The van der Waals surface area contributed by atoms with Crippen molar-refractivity contribution in [2.45, 2.75) is 18.7 Å². The lowest BCUT2D eigenvalue weighted by molar-refractivity contribution is 0.836. The molecule has 0 heterocycles. The summed E-state index contributed by atoms with van der Waals surface area (Å²) in [7, 11) is 0. The number of hydrogen-bond acceptors (Lipinski definition) is 1. The van der Waals surface area contributed by atoms with E-state index in [-0.39, 0.29) is 0 Å². The highest BCUT2D eigenvalue weighted by Crippen LogP contribution is 2.16. The molecule has 0 nitrogen and oxygen atoms in total. The van der Waals surface area contributed by atoms with Gasteiger partial charge in [-0.2, -0.15) is 0 Å². The summed E-state index contributed by atoms with van der Waals surface area (Å²) >= 11 is 1.78. The number of rotatable bonds is 3. The van der Waals surface area contributed by atoms with Crippen LogP contribution in [-0.2, 0) is 0 Å². The van der Waals surface area contributed by atoms with Gasteiger partial charge in [0.15, 0.2) is 0 Å². The summed E-state index contributed by atoms with van der Waals surface area (Å²) in [6.45, 7) is 4.38. The molecule has 13 heavy (non-hydrogen) atoms. The van der Waals surface area contributed by atoms with Crippen LogP contribution in [-0.4, -0.2) is 6.26 Å². The summed E-state index contributed by atoms with van der Waals surface area (Å²) in [6, 6.07) is 8.59. The van der Waals surface area contributed by atoms with Gasteiger partial charge in [0.1, 0.15) is 0 Å². The van der Waals surface area contributed by atoms with E-state index in [1.54, 1.807) is 11.8 Å². The van der Waals surface area contributed by atoms with E-state index in [4.69, 9.17) is 0 Å². The maximum Gasteiger partial charge on any atom is 0.00750 e. The number of benzene rings is 1. The minimum atomic E-state index is 0.623. The molecule has 0 spiro atoms. The zero-order valence-corrected chi connectivity index (χ0v) is 9.27. The Morgan fingerprint density at radius 2 is 2.08 bits per heavy atom. The van der Waals surface area contributed by atoms with Crippen LogP contribution in [0.15, 0.2) is 35.2 Å². The maximum atomic E-state index is 2.22. The first-order valence-corrected chi connectivity index (χ1v) is 5.77. The van der Waals surface area contributed by atoms with Crippen molar-refractivity contribution >= 4 is 17.8 Å². The highest BCUT2D eigenvalue weighted by atomic mass is 32.2. The molecular formula is C12H16S. The van der Waals surface area contributed by atoms with E-state index in [0.29, 0.717) is 5.92 Å². The van der Waals surface area contributed by atoms with Crippen molar-refractivity contribution in [3.05, 3.63) is 35.9 Å². The Bertz CT molecular complexity index is 287. The molecule has 0 amide bonds. The molecule has 0 fully saturated rings. The second-order valence-corrected chi connectivity index (χ2v) is 4.26. The summed E-state index contributed by atoms with van der Waals surface area (Å²) in [4.78, 5) is 1.32. The minimum absolute atomic E-state index is 0.623. The van der Waals surface area contributed by atoms with E-state index >= 15 is 0 Å². The fraction of sp³-hybridized carbons (Fsp3) is 0.333. The van der Waals surface area contributed by atoms with Crippen LogP contribution in [0.4, 0.5) is 0 Å². The van der Waals surface area contributed by atoms with Crippen molar-refractivity contribution in [3.8, 4) is 0 Å². The molecule has 0 radical (unpaired) electrons. The van der Waals surface area contributed by atoms with E-state index in [1.807, 2.05) is 0 Å². The van der Waals surface area contributed by atoms with Crippen LogP contribution < -0.4 is 0 Å². The molecule has 0 aliphatic rings. The zero-order valence-electron chi connectivity index (χ0n) is 8.45. The van der Waals surface area contributed by atoms with Crippen LogP contribution in [0.1, 0.15) is 19.4 Å². The van der Waals surface area contributed by atoms with E-state index in [2.05, 4.69) is 56.5 Å². The van der Waals surface area contributed by atoms with Crippen LogP contribution in [0.25, 0.3) is 6.08 Å². The average Bonchev–Trinajstić information content (AvgIpc) is 2.15. The molecule has 0 saturated carbocycles. The lowest BCUT2D eigenvalue weighted by atomic mass is 10.1. The first-order chi connectivity index (χ1) is 6.22. The lowest BCUT2D eigenvalue weighted by Crippen LogP contribution is -1.78. The highest BCUT2D eigenvalue weighted by Gasteiger charge is 1.91. The Morgan fingerprint density at radius 1 is 1.31 bits per heavy atom. The molecular weight excluding hydrogens is 176 g/mol. The van der Waals surface area contributed by atoms with Gasteiger partial charge >= 0.3 is 0 Å². The van der Waals surface area contributed by atoms with Crippen LogP contribution in [0.5, 0.6) is 0 Å². The van der Waals surface area contributed by atoms with Gasteiger partial charge in [-0.25, -0.2) is 0 Å². The molecule has 1 rings (SSSR count). The van der Waals surface area contributed by atoms with Crippen molar-refractivity contribution in [1.82, 2.24) is 0 Å². The summed E-state index contributed by atoms with van der Waals surface area (Å²) in [6.07, 6.45) is 6.51. The van der Waals surface area contributed by atoms with Crippen LogP contribution in [0.2, 0.25) is 0 Å². The number of hydrogen-bond donors (Lipinski definition) is 0. The largest absolute Gasteiger partial charge is 0.130 e. The summed E-state index contributed by atoms with van der Waals surface area (Å²) < 4.78 is 0. The molecule has 0 aromatic heterocycles. The van der Waals surface area contributed by atoms with E-state index in [1.165, 1.54) is 10.5 Å². The Hall–Kier alpha value is -0.690. The van der Waals surface area contributed by atoms with Crippen molar-refractivity contribution in [2.75, 3.05) is 6.26 Å². The second-order valence-electron chi connectivity index (χ2n) is 3.38. The van der Waals surface area contributed by atoms with Gasteiger partial charge in [-0.1, -0.05) is 38.1 Å². The Balaban J connectivity index is 2.77. The molecule has 70 valence electrons. The topological polar surface area (TPSA) is 0 Å². The van der Waals surface area contributed by atoms with Gasteiger partial charge < -0.3 is 0 Å². The van der Waals surface area contributed by atoms with E-state index < -0.39 is 0 Å². The maximum absolute atomic E-state index is 2.22. The molecule has 1 heteroatoms. The van der Waals surface area contributed by atoms with E-state index in [0.717, 1.165) is 0 Å². The quantitative estimate of drug-likeness (QED) is 0.650. The lowest BCUT2D eigenvalue weighted by Gasteiger charge is -1.98. The molecule has 1 aromatic carbocycles. The van der Waals surface area contributed by atoms with Crippen molar-refractivity contribution in [3.63, 3.8) is 0 Å². The SMILES string of the molecule is CSc1cccc(/C=C/C(C)C)c1. The Morgan fingerprint density at radius 3 is 2.69 bits per heavy atom.